The smallest absolute Gasteiger partial charge is 0.173 e. The third-order valence-electron chi connectivity index (χ3n) is 2.53. The Morgan fingerprint density at radius 1 is 1.07 bits per heavy atom. The molecular formula is C12H18Br2O. The second-order valence-electron chi connectivity index (χ2n) is 3.87. The van der Waals surface area contributed by atoms with Crippen LogP contribution in [0.4, 0.5) is 0 Å². The zero-order chi connectivity index (χ0) is 11.1. The summed E-state index contributed by atoms with van der Waals surface area (Å²) in [5.74, 6) is 0. The van der Waals surface area contributed by atoms with E-state index in [0.29, 0.717) is 0 Å². The quantitative estimate of drug-likeness (QED) is 0.581. The highest BCUT2D eigenvalue weighted by Crippen LogP contribution is 2.26. The summed E-state index contributed by atoms with van der Waals surface area (Å²) >= 11 is 6.74. The van der Waals surface area contributed by atoms with Crippen LogP contribution in [0.5, 0.6) is 0 Å². The Kier molecular flexibility index (Phi) is 6.66. The van der Waals surface area contributed by atoms with Crippen molar-refractivity contribution < 1.29 is 4.42 Å². The SMILES string of the molecule is CCCCCCCCc1cc(Br)oc1Br. The molecule has 1 nitrogen and oxygen atoms in total. The minimum atomic E-state index is 0.815. The van der Waals surface area contributed by atoms with Crippen molar-refractivity contribution >= 4 is 31.9 Å². The van der Waals surface area contributed by atoms with Crippen LogP contribution in [0, 0.1) is 0 Å². The average molecular weight is 338 g/mol. The average Bonchev–Trinajstić information content (AvgIpc) is 2.51. The number of hydrogen-bond donors (Lipinski definition) is 0. The highest BCUT2D eigenvalue weighted by Gasteiger charge is 2.05. The Morgan fingerprint density at radius 2 is 1.73 bits per heavy atom. The van der Waals surface area contributed by atoms with E-state index >= 15 is 0 Å². The predicted molar refractivity (Wildman–Crippen MR) is 71.2 cm³/mol. The highest BCUT2D eigenvalue weighted by molar-refractivity contribution is 9.11. The first-order valence-corrected chi connectivity index (χ1v) is 7.26. The zero-order valence-electron chi connectivity index (χ0n) is 9.19. The lowest BCUT2D eigenvalue weighted by molar-refractivity contribution is 0.511. The van der Waals surface area contributed by atoms with Crippen molar-refractivity contribution in [3.05, 3.63) is 21.0 Å². The monoisotopic (exact) mass is 336 g/mol. The molecule has 0 unspecified atom stereocenters. The van der Waals surface area contributed by atoms with E-state index in [-0.39, 0.29) is 0 Å². The first kappa shape index (κ1) is 13.3. The Hall–Kier alpha value is 0.240. The van der Waals surface area contributed by atoms with Gasteiger partial charge in [-0.15, -0.1) is 0 Å². The zero-order valence-corrected chi connectivity index (χ0v) is 12.4. The van der Waals surface area contributed by atoms with E-state index < -0.39 is 0 Å². The summed E-state index contributed by atoms with van der Waals surface area (Å²) in [6, 6.07) is 2.05. The number of hydrogen-bond acceptors (Lipinski definition) is 1. The molecule has 0 spiro atoms. The molecule has 15 heavy (non-hydrogen) atoms. The number of aryl methyl sites for hydroxylation is 1. The molecule has 3 heteroatoms. The Balaban J connectivity index is 2.12. The van der Waals surface area contributed by atoms with Crippen molar-refractivity contribution in [3.8, 4) is 0 Å². The van der Waals surface area contributed by atoms with Gasteiger partial charge in [-0.2, -0.15) is 0 Å². The van der Waals surface area contributed by atoms with Gasteiger partial charge in [-0.25, -0.2) is 0 Å². The molecule has 0 radical (unpaired) electrons. The maximum Gasteiger partial charge on any atom is 0.173 e. The van der Waals surface area contributed by atoms with Crippen molar-refractivity contribution in [2.45, 2.75) is 51.9 Å². The van der Waals surface area contributed by atoms with Crippen LogP contribution < -0.4 is 0 Å². The molecule has 0 N–H and O–H groups in total. The number of unbranched alkanes of at least 4 members (excludes halogenated alkanes) is 5. The summed E-state index contributed by atoms with van der Waals surface area (Å²) in [5.41, 5.74) is 1.28. The first-order chi connectivity index (χ1) is 7.24. The predicted octanol–water partition coefficient (Wildman–Crippen LogP) is 5.71. The summed E-state index contributed by atoms with van der Waals surface area (Å²) in [6.45, 7) is 2.25. The second-order valence-corrected chi connectivity index (χ2v) is 5.37. The molecule has 0 bridgehead atoms. The van der Waals surface area contributed by atoms with Gasteiger partial charge < -0.3 is 4.42 Å². The van der Waals surface area contributed by atoms with Crippen molar-refractivity contribution in [2.75, 3.05) is 0 Å². The molecule has 0 saturated carbocycles. The molecule has 0 aromatic carbocycles. The van der Waals surface area contributed by atoms with Gasteiger partial charge >= 0.3 is 0 Å². The lowest BCUT2D eigenvalue weighted by Gasteiger charge is -1.99. The summed E-state index contributed by atoms with van der Waals surface area (Å²) < 4.78 is 7.04. The maximum absolute atomic E-state index is 5.34. The van der Waals surface area contributed by atoms with Gasteiger partial charge in [0, 0.05) is 5.56 Å². The third-order valence-corrected chi connectivity index (χ3v) is 3.59. The summed E-state index contributed by atoms with van der Waals surface area (Å²) in [7, 11) is 0. The van der Waals surface area contributed by atoms with Crippen LogP contribution in [0.3, 0.4) is 0 Å². The van der Waals surface area contributed by atoms with Crippen molar-refractivity contribution in [2.24, 2.45) is 0 Å². The van der Waals surface area contributed by atoms with Crippen molar-refractivity contribution in [1.82, 2.24) is 0 Å². The summed E-state index contributed by atoms with van der Waals surface area (Å²) in [5, 5.41) is 0. The normalized spacial score (nSPS) is 10.9. The molecule has 0 aliphatic rings. The van der Waals surface area contributed by atoms with Gasteiger partial charge in [0.25, 0.3) is 0 Å². The summed E-state index contributed by atoms with van der Waals surface area (Å²) in [4.78, 5) is 0. The van der Waals surface area contributed by atoms with E-state index in [0.717, 1.165) is 15.8 Å². The van der Waals surface area contributed by atoms with Crippen LogP contribution in [0.1, 0.15) is 51.0 Å². The van der Waals surface area contributed by atoms with E-state index in [4.69, 9.17) is 4.42 Å². The first-order valence-electron chi connectivity index (χ1n) is 5.67. The maximum atomic E-state index is 5.34. The van der Waals surface area contributed by atoms with Gasteiger partial charge in [-0.1, -0.05) is 39.0 Å². The van der Waals surface area contributed by atoms with E-state index in [9.17, 15) is 0 Å². The molecule has 0 atom stereocenters. The fourth-order valence-corrected chi connectivity index (χ4v) is 2.78. The Morgan fingerprint density at radius 3 is 2.33 bits per heavy atom. The fraction of sp³-hybridized carbons (Fsp3) is 0.667. The van der Waals surface area contributed by atoms with Crippen LogP contribution in [-0.2, 0) is 6.42 Å². The topological polar surface area (TPSA) is 13.1 Å². The van der Waals surface area contributed by atoms with Gasteiger partial charge in [-0.05, 0) is 50.8 Å². The Bertz CT molecular complexity index is 281. The Labute approximate surface area is 109 Å². The molecule has 0 fully saturated rings. The largest absolute Gasteiger partial charge is 0.442 e. The molecule has 0 aliphatic heterocycles. The van der Waals surface area contributed by atoms with Gasteiger partial charge in [0.2, 0.25) is 0 Å². The van der Waals surface area contributed by atoms with E-state index in [2.05, 4.69) is 44.8 Å². The van der Waals surface area contributed by atoms with Crippen molar-refractivity contribution in [3.63, 3.8) is 0 Å². The van der Waals surface area contributed by atoms with Gasteiger partial charge in [-0.3, -0.25) is 0 Å². The lowest BCUT2D eigenvalue weighted by Crippen LogP contribution is -1.84. The molecule has 1 aromatic rings. The van der Waals surface area contributed by atoms with Crippen LogP contribution in [0.2, 0.25) is 0 Å². The molecule has 1 aromatic heterocycles. The van der Waals surface area contributed by atoms with Crippen LogP contribution in [-0.4, -0.2) is 0 Å². The highest BCUT2D eigenvalue weighted by atomic mass is 79.9. The standard InChI is InChI=1S/C12H18Br2O/c1-2-3-4-5-6-7-8-10-9-11(13)15-12(10)14/h9H,2-8H2,1H3. The third kappa shape index (κ3) is 5.21. The lowest BCUT2D eigenvalue weighted by atomic mass is 10.1. The van der Waals surface area contributed by atoms with Crippen LogP contribution >= 0.6 is 31.9 Å². The molecule has 0 amide bonds. The molecule has 0 aliphatic carbocycles. The van der Waals surface area contributed by atoms with Crippen molar-refractivity contribution in [1.29, 1.82) is 0 Å². The molecular weight excluding hydrogens is 320 g/mol. The number of rotatable bonds is 7. The van der Waals surface area contributed by atoms with E-state index in [1.54, 1.807) is 0 Å². The minimum Gasteiger partial charge on any atom is -0.442 e. The molecule has 1 rings (SSSR count). The van der Waals surface area contributed by atoms with Gasteiger partial charge in [0.15, 0.2) is 9.34 Å². The number of halogens is 2. The molecule has 86 valence electrons. The van der Waals surface area contributed by atoms with Gasteiger partial charge in [0.05, 0.1) is 0 Å². The van der Waals surface area contributed by atoms with Gasteiger partial charge in [0.1, 0.15) is 0 Å². The molecule has 0 saturated heterocycles. The number of furan rings is 1. The second kappa shape index (κ2) is 7.50. The van der Waals surface area contributed by atoms with Crippen LogP contribution in [0.15, 0.2) is 19.8 Å². The van der Waals surface area contributed by atoms with E-state index in [1.807, 2.05) is 0 Å². The fourth-order valence-electron chi connectivity index (χ4n) is 1.64. The molecule has 1 heterocycles. The van der Waals surface area contributed by atoms with E-state index in [1.165, 1.54) is 44.1 Å². The summed E-state index contributed by atoms with van der Waals surface area (Å²) in [6.07, 6.45) is 9.14. The van der Waals surface area contributed by atoms with Crippen LogP contribution in [0.25, 0.3) is 0 Å². The minimum absolute atomic E-state index is 0.815.